The zero-order chi connectivity index (χ0) is 13.8. The van der Waals surface area contributed by atoms with Crippen LogP contribution in [-0.4, -0.2) is 35.2 Å². The number of hydrogen-bond donors (Lipinski definition) is 1. The van der Waals surface area contributed by atoms with Gasteiger partial charge in [0.15, 0.2) is 0 Å². The van der Waals surface area contributed by atoms with E-state index in [2.05, 4.69) is 25.7 Å². The minimum Gasteiger partial charge on any atom is -0.394 e. The van der Waals surface area contributed by atoms with Crippen molar-refractivity contribution in [2.24, 2.45) is 0 Å². The van der Waals surface area contributed by atoms with Gasteiger partial charge in [-0.15, -0.1) is 0 Å². The lowest BCUT2D eigenvalue weighted by Crippen LogP contribution is -2.50. The van der Waals surface area contributed by atoms with Crippen LogP contribution in [0, 0.1) is 0 Å². The summed E-state index contributed by atoms with van der Waals surface area (Å²) in [5.41, 5.74) is 0.827. The molecule has 1 aromatic rings. The van der Waals surface area contributed by atoms with Crippen molar-refractivity contribution in [3.63, 3.8) is 0 Å². The minimum absolute atomic E-state index is 0.120. The molecule has 1 N–H and O–H groups in total. The van der Waals surface area contributed by atoms with Gasteiger partial charge >= 0.3 is 0 Å². The summed E-state index contributed by atoms with van der Waals surface area (Å²) < 4.78 is 0. The van der Waals surface area contributed by atoms with Gasteiger partial charge in [0.2, 0.25) is 0 Å². The molecule has 4 heteroatoms. The Labute approximate surface area is 120 Å². The van der Waals surface area contributed by atoms with Crippen molar-refractivity contribution in [1.29, 1.82) is 0 Å². The van der Waals surface area contributed by atoms with Gasteiger partial charge < -0.3 is 5.11 Å². The smallest absolute Gasteiger partial charge is 0.0616 e. The van der Waals surface area contributed by atoms with E-state index in [4.69, 9.17) is 23.2 Å². The molecule has 0 saturated carbocycles. The van der Waals surface area contributed by atoms with Gasteiger partial charge in [-0.2, -0.15) is 0 Å². The Kier molecular flexibility index (Phi) is 5.93. The second kappa shape index (κ2) is 6.76. The van der Waals surface area contributed by atoms with Crippen LogP contribution in [0.4, 0.5) is 0 Å². The van der Waals surface area contributed by atoms with Crippen molar-refractivity contribution >= 4 is 23.2 Å². The number of nitrogens with zero attached hydrogens (tertiary/aromatic N) is 1. The van der Waals surface area contributed by atoms with Crippen LogP contribution in [0.15, 0.2) is 18.2 Å². The number of aliphatic hydroxyl groups excluding tert-OH is 1. The van der Waals surface area contributed by atoms with Gasteiger partial charge in [-0.25, -0.2) is 0 Å². The fourth-order valence-corrected chi connectivity index (χ4v) is 2.66. The fourth-order valence-electron chi connectivity index (χ4n) is 2.34. The molecule has 102 valence electrons. The third-order valence-electron chi connectivity index (χ3n) is 3.44. The molecule has 0 aliphatic heterocycles. The normalized spacial score (nSPS) is 14.8. The van der Waals surface area contributed by atoms with E-state index in [0.717, 1.165) is 25.1 Å². The van der Waals surface area contributed by atoms with Crippen LogP contribution in [0.5, 0.6) is 0 Å². The van der Waals surface area contributed by atoms with Crippen molar-refractivity contribution < 1.29 is 5.11 Å². The molecule has 0 saturated heterocycles. The largest absolute Gasteiger partial charge is 0.394 e. The maximum Gasteiger partial charge on any atom is 0.0616 e. The lowest BCUT2D eigenvalue weighted by Gasteiger charge is -2.39. The van der Waals surface area contributed by atoms with Crippen LogP contribution in [0.25, 0.3) is 0 Å². The van der Waals surface area contributed by atoms with E-state index >= 15 is 0 Å². The first kappa shape index (κ1) is 15.8. The first-order chi connectivity index (χ1) is 8.46. The highest BCUT2D eigenvalue weighted by atomic mass is 35.5. The van der Waals surface area contributed by atoms with Gasteiger partial charge in [-0.05, 0) is 44.1 Å². The quantitative estimate of drug-likeness (QED) is 0.865. The highest BCUT2D eigenvalue weighted by Crippen LogP contribution is 2.26. The molecule has 2 nitrogen and oxygen atoms in total. The standard InChI is InChI=1S/C14H21Cl2NO/c1-4-17(5-2)14(3,10-18)9-11-6-7-12(15)13(16)8-11/h6-8,18H,4-5,9-10H2,1-3H3. The summed E-state index contributed by atoms with van der Waals surface area (Å²) in [5.74, 6) is 0. The summed E-state index contributed by atoms with van der Waals surface area (Å²) in [6.07, 6.45) is 0.752. The molecule has 0 aliphatic carbocycles. The molecular weight excluding hydrogens is 269 g/mol. The zero-order valence-electron chi connectivity index (χ0n) is 11.2. The average Bonchev–Trinajstić information content (AvgIpc) is 2.35. The summed E-state index contributed by atoms with van der Waals surface area (Å²) in [5, 5.41) is 10.8. The molecule has 1 atom stereocenters. The zero-order valence-corrected chi connectivity index (χ0v) is 12.7. The van der Waals surface area contributed by atoms with E-state index in [-0.39, 0.29) is 12.1 Å². The predicted octanol–water partition coefficient (Wildman–Crippen LogP) is 3.63. The number of aliphatic hydroxyl groups is 1. The lowest BCUT2D eigenvalue weighted by molar-refractivity contribution is 0.0511. The molecular formula is C14H21Cl2NO. The van der Waals surface area contributed by atoms with Gasteiger partial charge in [-0.1, -0.05) is 43.1 Å². The number of hydrogen-bond acceptors (Lipinski definition) is 2. The molecule has 0 fully saturated rings. The maximum absolute atomic E-state index is 9.70. The van der Waals surface area contributed by atoms with E-state index in [1.54, 1.807) is 6.07 Å². The third kappa shape index (κ3) is 3.61. The predicted molar refractivity (Wildman–Crippen MR) is 78.6 cm³/mol. The highest BCUT2D eigenvalue weighted by molar-refractivity contribution is 6.42. The molecule has 0 heterocycles. The first-order valence-electron chi connectivity index (χ1n) is 6.26. The van der Waals surface area contributed by atoms with Crippen LogP contribution in [0.3, 0.4) is 0 Å². The van der Waals surface area contributed by atoms with E-state index in [9.17, 15) is 5.11 Å². The first-order valence-corrected chi connectivity index (χ1v) is 7.02. The SMILES string of the molecule is CCN(CC)C(C)(CO)Cc1ccc(Cl)c(Cl)c1. The molecule has 0 aromatic heterocycles. The van der Waals surface area contributed by atoms with Crippen molar-refractivity contribution in [1.82, 2.24) is 4.90 Å². The highest BCUT2D eigenvalue weighted by Gasteiger charge is 2.29. The van der Waals surface area contributed by atoms with Crippen molar-refractivity contribution in [3.05, 3.63) is 33.8 Å². The van der Waals surface area contributed by atoms with Crippen LogP contribution >= 0.6 is 23.2 Å². The number of likely N-dealkylation sites (N-methyl/N-ethyl adjacent to an activating group) is 1. The second-order valence-electron chi connectivity index (χ2n) is 4.75. The van der Waals surface area contributed by atoms with Crippen LogP contribution in [0.1, 0.15) is 26.3 Å². The average molecular weight is 290 g/mol. The number of rotatable bonds is 6. The summed E-state index contributed by atoms with van der Waals surface area (Å²) in [6.45, 7) is 8.22. The van der Waals surface area contributed by atoms with E-state index in [1.807, 2.05) is 12.1 Å². The molecule has 0 amide bonds. The summed E-state index contributed by atoms with van der Waals surface area (Å²) >= 11 is 11.9. The number of benzene rings is 1. The molecule has 0 radical (unpaired) electrons. The van der Waals surface area contributed by atoms with Gasteiger partial charge in [0.25, 0.3) is 0 Å². The molecule has 0 spiro atoms. The Hall–Kier alpha value is -0.280. The van der Waals surface area contributed by atoms with Crippen molar-refractivity contribution in [3.8, 4) is 0 Å². The van der Waals surface area contributed by atoms with Crippen molar-refractivity contribution in [2.45, 2.75) is 32.7 Å². The Morgan fingerprint density at radius 1 is 1.17 bits per heavy atom. The lowest BCUT2D eigenvalue weighted by atomic mass is 9.91. The molecule has 0 aliphatic rings. The monoisotopic (exact) mass is 289 g/mol. The van der Waals surface area contributed by atoms with E-state index in [0.29, 0.717) is 10.0 Å². The summed E-state index contributed by atoms with van der Waals surface area (Å²) in [7, 11) is 0. The number of halogens is 2. The third-order valence-corrected chi connectivity index (χ3v) is 4.18. The van der Waals surface area contributed by atoms with Crippen molar-refractivity contribution in [2.75, 3.05) is 19.7 Å². The van der Waals surface area contributed by atoms with Crippen LogP contribution in [-0.2, 0) is 6.42 Å². The Morgan fingerprint density at radius 2 is 1.78 bits per heavy atom. The molecule has 1 rings (SSSR count). The second-order valence-corrected chi connectivity index (χ2v) is 5.57. The summed E-state index contributed by atoms with van der Waals surface area (Å²) in [6, 6.07) is 5.65. The van der Waals surface area contributed by atoms with Gasteiger partial charge in [0.1, 0.15) is 0 Å². The maximum atomic E-state index is 9.70. The van der Waals surface area contributed by atoms with E-state index in [1.165, 1.54) is 0 Å². The molecule has 1 unspecified atom stereocenters. The topological polar surface area (TPSA) is 23.5 Å². The van der Waals surface area contributed by atoms with Gasteiger partial charge in [0, 0.05) is 5.54 Å². The molecule has 1 aromatic carbocycles. The van der Waals surface area contributed by atoms with Gasteiger partial charge in [0.05, 0.1) is 16.7 Å². The van der Waals surface area contributed by atoms with E-state index < -0.39 is 0 Å². The Morgan fingerprint density at radius 3 is 2.22 bits per heavy atom. The Bertz CT molecular complexity index is 393. The van der Waals surface area contributed by atoms with Crippen LogP contribution < -0.4 is 0 Å². The minimum atomic E-state index is -0.263. The Balaban J connectivity index is 2.94. The van der Waals surface area contributed by atoms with Gasteiger partial charge in [-0.3, -0.25) is 4.90 Å². The van der Waals surface area contributed by atoms with Crippen LogP contribution in [0.2, 0.25) is 10.0 Å². The summed E-state index contributed by atoms with van der Waals surface area (Å²) in [4.78, 5) is 2.26. The molecule has 0 bridgehead atoms. The molecule has 18 heavy (non-hydrogen) atoms. The fraction of sp³-hybridized carbons (Fsp3) is 0.571.